The number of piperazine rings is 1. The Morgan fingerprint density at radius 3 is 2.40 bits per heavy atom. The monoisotopic (exact) mass is 230 g/mol. The van der Waals surface area contributed by atoms with Gasteiger partial charge in [-0.25, -0.2) is 4.31 Å². The fourth-order valence-electron chi connectivity index (χ4n) is 2.71. The lowest BCUT2D eigenvalue weighted by molar-refractivity contribution is 0.0893. The fourth-order valence-corrected chi connectivity index (χ4v) is 3.24. The van der Waals surface area contributed by atoms with E-state index in [4.69, 9.17) is 4.74 Å². The van der Waals surface area contributed by atoms with Gasteiger partial charge in [0.05, 0.1) is 6.10 Å². The van der Waals surface area contributed by atoms with E-state index in [1.807, 2.05) is 19.1 Å². The Morgan fingerprint density at radius 2 is 1.87 bits per heavy atom. The zero-order valence-corrected chi connectivity index (χ0v) is 10.6. The Hall–Kier alpha value is 0.230. The Bertz CT molecular complexity index is 195. The highest BCUT2D eigenvalue weighted by Gasteiger charge is 2.30. The maximum Gasteiger partial charge on any atom is 0.0586 e. The van der Waals surface area contributed by atoms with Crippen molar-refractivity contribution in [1.82, 2.24) is 9.21 Å². The highest BCUT2D eigenvalue weighted by molar-refractivity contribution is 7.96. The van der Waals surface area contributed by atoms with Gasteiger partial charge in [-0.3, -0.25) is 4.90 Å². The van der Waals surface area contributed by atoms with E-state index in [2.05, 4.69) is 15.5 Å². The van der Waals surface area contributed by atoms with Gasteiger partial charge in [0, 0.05) is 39.3 Å². The summed E-state index contributed by atoms with van der Waals surface area (Å²) in [6.45, 7) is 4.91. The molecular weight excluding hydrogens is 208 g/mol. The zero-order valence-electron chi connectivity index (χ0n) is 9.82. The van der Waals surface area contributed by atoms with Crippen LogP contribution < -0.4 is 0 Å². The maximum atomic E-state index is 5.43. The molecule has 1 heterocycles. The minimum absolute atomic E-state index is 0.522. The lowest BCUT2D eigenvalue weighted by Crippen LogP contribution is -2.47. The largest absolute Gasteiger partial charge is 0.381 e. The molecule has 0 N–H and O–H groups in total. The number of hydrogen-bond acceptors (Lipinski definition) is 4. The lowest BCUT2D eigenvalue weighted by atomic mass is 10.2. The molecule has 0 bridgehead atoms. The summed E-state index contributed by atoms with van der Waals surface area (Å²) in [5, 5.41) is 0. The van der Waals surface area contributed by atoms with Gasteiger partial charge in [0.1, 0.15) is 0 Å². The summed E-state index contributed by atoms with van der Waals surface area (Å²) >= 11 is 1.88. The van der Waals surface area contributed by atoms with E-state index in [0.29, 0.717) is 6.10 Å². The predicted octanol–water partition coefficient (Wildman–Crippen LogP) is 1.45. The number of methoxy groups -OCH3 is 1. The summed E-state index contributed by atoms with van der Waals surface area (Å²) in [5.41, 5.74) is 0. The molecule has 1 aliphatic heterocycles. The summed E-state index contributed by atoms with van der Waals surface area (Å²) in [6.07, 6.45) is 6.53. The van der Waals surface area contributed by atoms with Gasteiger partial charge in [-0.05, 0) is 25.5 Å². The fraction of sp³-hybridized carbons (Fsp3) is 1.00. The molecule has 1 aliphatic carbocycles. The van der Waals surface area contributed by atoms with Crippen molar-refractivity contribution in [3.63, 3.8) is 0 Å². The number of ether oxygens (including phenoxy) is 1. The first kappa shape index (κ1) is 11.7. The van der Waals surface area contributed by atoms with Gasteiger partial charge < -0.3 is 4.74 Å². The average Bonchev–Trinajstić information content (AvgIpc) is 2.78. The normalized spacial score (nSPS) is 34.8. The van der Waals surface area contributed by atoms with Crippen molar-refractivity contribution in [3.05, 3.63) is 0 Å². The van der Waals surface area contributed by atoms with Crippen LogP contribution in [0.15, 0.2) is 0 Å². The summed E-state index contributed by atoms with van der Waals surface area (Å²) < 4.78 is 7.89. The Kier molecular flexibility index (Phi) is 4.31. The molecule has 0 aromatic rings. The van der Waals surface area contributed by atoms with Crippen molar-refractivity contribution in [3.8, 4) is 0 Å². The predicted molar refractivity (Wildman–Crippen MR) is 65.1 cm³/mol. The van der Waals surface area contributed by atoms with Crippen LogP contribution in [0.5, 0.6) is 0 Å². The van der Waals surface area contributed by atoms with E-state index in [1.54, 1.807) is 0 Å². The Morgan fingerprint density at radius 1 is 1.13 bits per heavy atom. The van der Waals surface area contributed by atoms with Crippen LogP contribution in [0.1, 0.15) is 19.3 Å². The van der Waals surface area contributed by atoms with Crippen LogP contribution in [0.25, 0.3) is 0 Å². The molecule has 2 rings (SSSR count). The third-order valence-electron chi connectivity index (χ3n) is 3.74. The smallest absolute Gasteiger partial charge is 0.0586 e. The highest BCUT2D eigenvalue weighted by Crippen LogP contribution is 2.27. The summed E-state index contributed by atoms with van der Waals surface area (Å²) in [7, 11) is 1.85. The van der Waals surface area contributed by atoms with E-state index in [0.717, 1.165) is 6.04 Å². The van der Waals surface area contributed by atoms with Crippen LogP contribution in [0.2, 0.25) is 0 Å². The number of nitrogens with zero attached hydrogens (tertiary/aromatic N) is 2. The second-order valence-electron chi connectivity index (χ2n) is 4.47. The van der Waals surface area contributed by atoms with Crippen molar-refractivity contribution in [2.24, 2.45) is 0 Å². The Labute approximate surface area is 97.3 Å². The molecule has 3 nitrogen and oxygen atoms in total. The topological polar surface area (TPSA) is 15.7 Å². The molecule has 0 aromatic heterocycles. The van der Waals surface area contributed by atoms with E-state index >= 15 is 0 Å². The first-order chi connectivity index (χ1) is 7.33. The summed E-state index contributed by atoms with van der Waals surface area (Å²) in [5.74, 6) is 0. The number of hydrogen-bond donors (Lipinski definition) is 0. The second kappa shape index (κ2) is 5.53. The van der Waals surface area contributed by atoms with Gasteiger partial charge in [-0.15, -0.1) is 0 Å². The van der Waals surface area contributed by atoms with E-state index in [-0.39, 0.29) is 0 Å². The van der Waals surface area contributed by atoms with E-state index < -0.39 is 0 Å². The first-order valence-electron chi connectivity index (χ1n) is 5.89. The maximum absolute atomic E-state index is 5.43. The van der Waals surface area contributed by atoms with E-state index in [9.17, 15) is 0 Å². The molecule has 1 saturated carbocycles. The number of rotatable bonds is 3. The molecular formula is C11H22N2OS. The summed E-state index contributed by atoms with van der Waals surface area (Å²) in [4.78, 5) is 2.66. The van der Waals surface area contributed by atoms with E-state index in [1.165, 1.54) is 45.4 Å². The molecule has 1 saturated heterocycles. The van der Waals surface area contributed by atoms with Crippen LogP contribution in [0, 0.1) is 0 Å². The molecule has 2 atom stereocenters. The quantitative estimate of drug-likeness (QED) is 0.682. The minimum Gasteiger partial charge on any atom is -0.381 e. The molecule has 2 fully saturated rings. The molecule has 0 radical (unpaired) electrons. The Balaban J connectivity index is 1.76. The summed E-state index contributed by atoms with van der Waals surface area (Å²) in [6, 6.07) is 0.791. The third kappa shape index (κ3) is 2.87. The van der Waals surface area contributed by atoms with Crippen molar-refractivity contribution in [1.29, 1.82) is 0 Å². The van der Waals surface area contributed by atoms with Crippen LogP contribution in [0.4, 0.5) is 0 Å². The van der Waals surface area contributed by atoms with Gasteiger partial charge in [-0.1, -0.05) is 11.9 Å². The average molecular weight is 230 g/mol. The zero-order chi connectivity index (χ0) is 10.7. The van der Waals surface area contributed by atoms with Gasteiger partial charge in [0.25, 0.3) is 0 Å². The lowest BCUT2D eigenvalue weighted by Gasteiger charge is -2.36. The van der Waals surface area contributed by atoms with Crippen LogP contribution in [-0.2, 0) is 4.74 Å². The van der Waals surface area contributed by atoms with Gasteiger partial charge in [0.15, 0.2) is 0 Å². The molecule has 4 heteroatoms. The third-order valence-corrected chi connectivity index (χ3v) is 4.62. The minimum atomic E-state index is 0.522. The second-order valence-corrected chi connectivity index (χ2v) is 5.35. The first-order valence-corrected chi connectivity index (χ1v) is 7.07. The molecule has 88 valence electrons. The van der Waals surface area contributed by atoms with Crippen molar-refractivity contribution >= 4 is 11.9 Å². The molecule has 0 amide bonds. The molecule has 2 aliphatic rings. The van der Waals surface area contributed by atoms with Gasteiger partial charge in [-0.2, -0.15) is 0 Å². The highest BCUT2D eigenvalue weighted by atomic mass is 32.2. The standard InChI is InChI=1S/C11H22N2OS/c1-14-11-4-3-10(9-11)12-5-7-13(15-2)8-6-12/h10-11H,3-9H2,1-2H3. The van der Waals surface area contributed by atoms with Crippen LogP contribution in [-0.4, -0.2) is 60.9 Å². The molecule has 0 spiro atoms. The van der Waals surface area contributed by atoms with Crippen molar-refractivity contribution in [2.45, 2.75) is 31.4 Å². The van der Waals surface area contributed by atoms with Gasteiger partial charge >= 0.3 is 0 Å². The van der Waals surface area contributed by atoms with Crippen molar-refractivity contribution in [2.75, 3.05) is 39.5 Å². The molecule has 2 unspecified atom stereocenters. The SMILES string of the molecule is COC1CCC(N2CCN(SC)CC2)C1. The van der Waals surface area contributed by atoms with Gasteiger partial charge in [0.2, 0.25) is 0 Å². The van der Waals surface area contributed by atoms with Crippen LogP contribution >= 0.6 is 11.9 Å². The molecule has 15 heavy (non-hydrogen) atoms. The molecule has 0 aromatic carbocycles. The van der Waals surface area contributed by atoms with Crippen LogP contribution in [0.3, 0.4) is 0 Å². The van der Waals surface area contributed by atoms with Crippen molar-refractivity contribution < 1.29 is 4.74 Å².